The van der Waals surface area contributed by atoms with Crippen molar-refractivity contribution < 1.29 is 9.90 Å². The second kappa shape index (κ2) is 3.93. The van der Waals surface area contributed by atoms with Crippen LogP contribution in [0.5, 0.6) is 0 Å². The molecule has 1 N–H and O–H groups in total. The van der Waals surface area contributed by atoms with Crippen LogP contribution in [0.15, 0.2) is 24.3 Å². The summed E-state index contributed by atoms with van der Waals surface area (Å²) in [6.07, 6.45) is 1.10. The lowest BCUT2D eigenvalue weighted by atomic mass is 10.00. The van der Waals surface area contributed by atoms with Crippen LogP contribution in [0.3, 0.4) is 0 Å². The largest absolute Gasteiger partial charge is 0.465 e. The fourth-order valence-electron chi connectivity index (χ4n) is 2.28. The van der Waals surface area contributed by atoms with Crippen LogP contribution >= 0.6 is 0 Å². The standard InChI is InChI=1S/C12H15NO2/c1-9-5-2-3-6-10(9)11-7-4-8-13(11)12(14)15/h2-3,5-6,11H,4,7-8H2,1H3,(H,14,15). The number of hydrogen-bond acceptors (Lipinski definition) is 1. The first-order valence-electron chi connectivity index (χ1n) is 5.25. The average Bonchev–Trinajstić information content (AvgIpc) is 2.67. The van der Waals surface area contributed by atoms with E-state index in [2.05, 4.69) is 0 Å². The van der Waals surface area contributed by atoms with Crippen molar-refractivity contribution >= 4 is 6.09 Å². The van der Waals surface area contributed by atoms with Crippen LogP contribution in [-0.2, 0) is 0 Å². The first kappa shape index (κ1) is 10.0. The van der Waals surface area contributed by atoms with Gasteiger partial charge in [0.1, 0.15) is 0 Å². The number of nitrogens with zero attached hydrogens (tertiary/aromatic N) is 1. The lowest BCUT2D eigenvalue weighted by Gasteiger charge is -2.23. The van der Waals surface area contributed by atoms with E-state index in [-0.39, 0.29) is 6.04 Å². The van der Waals surface area contributed by atoms with Crippen molar-refractivity contribution in [1.29, 1.82) is 0 Å². The summed E-state index contributed by atoms with van der Waals surface area (Å²) in [6, 6.07) is 8.08. The number of amides is 1. The molecule has 80 valence electrons. The highest BCUT2D eigenvalue weighted by Crippen LogP contribution is 2.33. The quantitative estimate of drug-likeness (QED) is 0.765. The van der Waals surface area contributed by atoms with Crippen molar-refractivity contribution in [2.45, 2.75) is 25.8 Å². The Labute approximate surface area is 89.3 Å². The number of carboxylic acid groups (broad SMARTS) is 1. The van der Waals surface area contributed by atoms with Gasteiger partial charge in [-0.25, -0.2) is 4.79 Å². The third-order valence-electron chi connectivity index (χ3n) is 3.05. The lowest BCUT2D eigenvalue weighted by molar-refractivity contribution is 0.140. The van der Waals surface area contributed by atoms with Gasteiger partial charge in [-0.15, -0.1) is 0 Å². The van der Waals surface area contributed by atoms with Gasteiger partial charge < -0.3 is 10.0 Å². The molecule has 0 spiro atoms. The SMILES string of the molecule is Cc1ccccc1C1CCCN1C(=O)O. The number of benzene rings is 1. The van der Waals surface area contributed by atoms with E-state index in [9.17, 15) is 4.79 Å². The van der Waals surface area contributed by atoms with Crippen LogP contribution in [0.2, 0.25) is 0 Å². The predicted octanol–water partition coefficient (Wildman–Crippen LogP) is 2.81. The molecule has 2 rings (SSSR count). The molecule has 0 radical (unpaired) electrons. The highest BCUT2D eigenvalue weighted by atomic mass is 16.4. The Balaban J connectivity index is 2.30. The maximum absolute atomic E-state index is 11.0. The maximum Gasteiger partial charge on any atom is 0.407 e. The summed E-state index contributed by atoms with van der Waals surface area (Å²) < 4.78 is 0. The number of likely N-dealkylation sites (tertiary alicyclic amines) is 1. The molecule has 1 aliphatic rings. The normalized spacial score (nSPS) is 20.6. The molecular weight excluding hydrogens is 190 g/mol. The molecule has 0 aromatic heterocycles. The minimum Gasteiger partial charge on any atom is -0.465 e. The third-order valence-corrected chi connectivity index (χ3v) is 3.05. The molecule has 1 aromatic carbocycles. The number of aryl methyl sites for hydroxylation is 1. The summed E-state index contributed by atoms with van der Waals surface area (Å²) in [5.41, 5.74) is 2.33. The van der Waals surface area contributed by atoms with Gasteiger partial charge >= 0.3 is 6.09 Å². The summed E-state index contributed by atoms with van der Waals surface area (Å²) in [6.45, 7) is 2.70. The fraction of sp³-hybridized carbons (Fsp3) is 0.417. The molecule has 0 bridgehead atoms. The summed E-state index contributed by atoms with van der Waals surface area (Å²) >= 11 is 0. The Hall–Kier alpha value is -1.51. The molecular formula is C12H15NO2. The van der Waals surface area contributed by atoms with E-state index in [4.69, 9.17) is 5.11 Å². The van der Waals surface area contributed by atoms with E-state index in [1.54, 1.807) is 4.90 Å². The monoisotopic (exact) mass is 205 g/mol. The van der Waals surface area contributed by atoms with Gasteiger partial charge in [0.05, 0.1) is 6.04 Å². The van der Waals surface area contributed by atoms with Gasteiger partial charge in [0, 0.05) is 6.54 Å². The van der Waals surface area contributed by atoms with Gasteiger partial charge in [0.2, 0.25) is 0 Å². The van der Waals surface area contributed by atoms with Crippen molar-refractivity contribution in [3.63, 3.8) is 0 Å². The third kappa shape index (κ3) is 1.82. The first-order valence-corrected chi connectivity index (χ1v) is 5.25. The number of hydrogen-bond donors (Lipinski definition) is 1. The Morgan fingerprint density at radius 3 is 2.87 bits per heavy atom. The van der Waals surface area contributed by atoms with Gasteiger partial charge in [0.15, 0.2) is 0 Å². The van der Waals surface area contributed by atoms with E-state index in [0.29, 0.717) is 6.54 Å². The number of rotatable bonds is 1. The molecule has 1 fully saturated rings. The molecule has 0 saturated carbocycles. The summed E-state index contributed by atoms with van der Waals surface area (Å²) in [5.74, 6) is 0. The summed E-state index contributed by atoms with van der Waals surface area (Å²) in [4.78, 5) is 12.6. The topological polar surface area (TPSA) is 40.5 Å². The second-order valence-corrected chi connectivity index (χ2v) is 3.99. The van der Waals surface area contributed by atoms with E-state index < -0.39 is 6.09 Å². The Morgan fingerprint density at radius 1 is 1.47 bits per heavy atom. The summed E-state index contributed by atoms with van der Waals surface area (Å²) in [7, 11) is 0. The summed E-state index contributed by atoms with van der Waals surface area (Å²) in [5, 5.41) is 9.06. The van der Waals surface area contributed by atoms with Crippen LogP contribution in [-0.4, -0.2) is 22.6 Å². The Morgan fingerprint density at radius 2 is 2.20 bits per heavy atom. The van der Waals surface area contributed by atoms with Gasteiger partial charge in [-0.05, 0) is 30.9 Å². The first-order chi connectivity index (χ1) is 7.20. The molecule has 1 atom stereocenters. The zero-order valence-corrected chi connectivity index (χ0v) is 8.81. The fourth-order valence-corrected chi connectivity index (χ4v) is 2.28. The average molecular weight is 205 g/mol. The zero-order chi connectivity index (χ0) is 10.8. The molecule has 1 aromatic rings. The lowest BCUT2D eigenvalue weighted by Crippen LogP contribution is -2.29. The molecule has 15 heavy (non-hydrogen) atoms. The second-order valence-electron chi connectivity index (χ2n) is 3.99. The van der Waals surface area contributed by atoms with E-state index in [0.717, 1.165) is 18.4 Å². The Kier molecular flexibility index (Phi) is 2.62. The Bertz CT molecular complexity index is 376. The molecule has 1 saturated heterocycles. The molecule has 0 aliphatic carbocycles. The van der Waals surface area contributed by atoms with Crippen LogP contribution in [0.4, 0.5) is 4.79 Å². The van der Waals surface area contributed by atoms with Crippen molar-refractivity contribution in [1.82, 2.24) is 4.90 Å². The van der Waals surface area contributed by atoms with E-state index >= 15 is 0 Å². The molecule has 1 heterocycles. The van der Waals surface area contributed by atoms with Crippen molar-refractivity contribution in [3.05, 3.63) is 35.4 Å². The van der Waals surface area contributed by atoms with Crippen LogP contribution < -0.4 is 0 Å². The molecule has 1 amide bonds. The van der Waals surface area contributed by atoms with Crippen molar-refractivity contribution in [3.8, 4) is 0 Å². The van der Waals surface area contributed by atoms with Gasteiger partial charge in [-0.3, -0.25) is 0 Å². The molecule has 3 heteroatoms. The minimum atomic E-state index is -0.805. The van der Waals surface area contributed by atoms with Crippen LogP contribution in [0.1, 0.15) is 30.0 Å². The van der Waals surface area contributed by atoms with Gasteiger partial charge in [-0.1, -0.05) is 24.3 Å². The minimum absolute atomic E-state index is 0.0590. The molecule has 3 nitrogen and oxygen atoms in total. The zero-order valence-electron chi connectivity index (χ0n) is 8.81. The van der Waals surface area contributed by atoms with E-state index in [1.165, 1.54) is 5.56 Å². The van der Waals surface area contributed by atoms with Gasteiger partial charge in [0.25, 0.3) is 0 Å². The maximum atomic E-state index is 11.0. The van der Waals surface area contributed by atoms with Crippen molar-refractivity contribution in [2.75, 3.05) is 6.54 Å². The highest BCUT2D eigenvalue weighted by Gasteiger charge is 2.30. The van der Waals surface area contributed by atoms with Gasteiger partial charge in [-0.2, -0.15) is 0 Å². The van der Waals surface area contributed by atoms with E-state index in [1.807, 2.05) is 31.2 Å². The predicted molar refractivity (Wildman–Crippen MR) is 57.9 cm³/mol. The highest BCUT2D eigenvalue weighted by molar-refractivity contribution is 5.66. The van der Waals surface area contributed by atoms with Crippen LogP contribution in [0, 0.1) is 6.92 Å². The van der Waals surface area contributed by atoms with Crippen LogP contribution in [0.25, 0.3) is 0 Å². The molecule has 1 aliphatic heterocycles. The molecule has 1 unspecified atom stereocenters. The smallest absolute Gasteiger partial charge is 0.407 e. The number of carbonyl (C=O) groups is 1. The van der Waals surface area contributed by atoms with Crippen molar-refractivity contribution in [2.24, 2.45) is 0 Å².